The summed E-state index contributed by atoms with van der Waals surface area (Å²) >= 11 is 0. The largest absolute Gasteiger partial charge is 0.508 e. The second kappa shape index (κ2) is 11.7. The highest BCUT2D eigenvalue weighted by Crippen LogP contribution is 2.30. The van der Waals surface area contributed by atoms with Gasteiger partial charge in [-0.2, -0.15) is 0 Å². The van der Waals surface area contributed by atoms with Gasteiger partial charge in [0.25, 0.3) is 0 Å². The van der Waals surface area contributed by atoms with E-state index in [1.165, 1.54) is 22.0 Å². The van der Waals surface area contributed by atoms with E-state index in [4.69, 9.17) is 0 Å². The van der Waals surface area contributed by atoms with Crippen LogP contribution in [0.5, 0.6) is 5.75 Å². The molecule has 2 aliphatic heterocycles. The maximum atomic E-state index is 14.2. The summed E-state index contributed by atoms with van der Waals surface area (Å²) in [5, 5.41) is 17.8. The molecule has 0 aromatic heterocycles. The van der Waals surface area contributed by atoms with Crippen molar-refractivity contribution < 1.29 is 23.9 Å². The van der Waals surface area contributed by atoms with Crippen molar-refractivity contribution in [2.24, 2.45) is 0 Å². The van der Waals surface area contributed by atoms with E-state index in [9.17, 15) is 23.9 Å². The summed E-state index contributed by atoms with van der Waals surface area (Å²) in [6, 6.07) is 25.1. The Labute approximate surface area is 248 Å². The number of halogens is 1. The minimum Gasteiger partial charge on any atom is -0.508 e. The van der Waals surface area contributed by atoms with Gasteiger partial charge in [-0.15, -0.1) is 0 Å². The van der Waals surface area contributed by atoms with Crippen molar-refractivity contribution in [2.45, 2.75) is 31.7 Å². The molecule has 0 bridgehead atoms. The number of nitrogens with one attached hydrogen (secondary N) is 1. The highest BCUT2D eigenvalue weighted by molar-refractivity contribution is 5.92. The number of benzene rings is 4. The summed E-state index contributed by atoms with van der Waals surface area (Å²) < 4.78 is 13.4. The van der Waals surface area contributed by atoms with Crippen LogP contribution in [0.2, 0.25) is 0 Å². The fourth-order valence-electron chi connectivity index (χ4n) is 6.00. The molecule has 6 rings (SSSR count). The molecule has 0 aliphatic carbocycles. The van der Waals surface area contributed by atoms with Gasteiger partial charge in [-0.1, -0.05) is 66.7 Å². The van der Waals surface area contributed by atoms with Gasteiger partial charge in [0.2, 0.25) is 11.8 Å². The molecule has 2 N–H and O–H groups in total. The number of hydrogen-bond acceptors (Lipinski definition) is 5. The Morgan fingerprint density at radius 2 is 1.63 bits per heavy atom. The third kappa shape index (κ3) is 5.74. The zero-order valence-electron chi connectivity index (χ0n) is 23.7. The Morgan fingerprint density at radius 3 is 2.40 bits per heavy atom. The number of aromatic hydroxyl groups is 1. The molecule has 9 nitrogen and oxygen atoms in total. The quantitative estimate of drug-likeness (QED) is 0.361. The monoisotopic (exact) mass is 581 g/mol. The van der Waals surface area contributed by atoms with Crippen LogP contribution in [-0.2, 0) is 29.1 Å². The second-order valence-corrected chi connectivity index (χ2v) is 11.0. The summed E-state index contributed by atoms with van der Waals surface area (Å²) in [6.07, 6.45) is -0.531. The van der Waals surface area contributed by atoms with Crippen LogP contribution in [0, 0.1) is 5.82 Å². The van der Waals surface area contributed by atoms with E-state index in [1.54, 1.807) is 53.4 Å². The van der Waals surface area contributed by atoms with Crippen molar-refractivity contribution in [3.05, 3.63) is 114 Å². The standard InChI is InChI=1S/C33H32FN5O4/c1-36-21-31(41)38-29(17-22-11-15-27(40)16-12-22)32(42)37(19-25-7-4-6-24-5-2-3-8-28(24)25)20-30(38)39(36)33(43)35-18-23-9-13-26(34)14-10-23/h2-16,29-30,40H,17-21H2,1H3,(H,35,43)/t29-,30-/m0/s1. The fraction of sp³-hybridized carbons (Fsp3) is 0.242. The van der Waals surface area contributed by atoms with Gasteiger partial charge < -0.3 is 20.2 Å². The highest BCUT2D eigenvalue weighted by Gasteiger charge is 2.50. The summed E-state index contributed by atoms with van der Waals surface area (Å²) in [7, 11) is 1.67. The topological polar surface area (TPSA) is 96.4 Å². The number of urea groups is 1. The maximum absolute atomic E-state index is 14.2. The SMILES string of the molecule is CN1CC(=O)N2[C@@H](Cc3ccc(O)cc3)C(=O)N(Cc3cccc4ccccc34)C[C@@H]2N1C(=O)NCc1ccc(F)cc1. The average Bonchev–Trinajstić information content (AvgIpc) is 3.00. The van der Waals surface area contributed by atoms with Crippen LogP contribution in [0.4, 0.5) is 9.18 Å². The first-order valence-corrected chi connectivity index (χ1v) is 14.2. The van der Waals surface area contributed by atoms with Crippen LogP contribution >= 0.6 is 0 Å². The summed E-state index contributed by atoms with van der Waals surface area (Å²) in [5.41, 5.74) is 2.47. The number of phenols is 1. The number of hydrogen-bond donors (Lipinski definition) is 2. The molecule has 2 fully saturated rings. The summed E-state index contributed by atoms with van der Waals surface area (Å²) in [5.74, 6) is -0.717. The molecule has 4 aromatic carbocycles. The average molecular weight is 582 g/mol. The number of phenolic OH excluding ortho intramolecular Hbond substituents is 1. The number of carbonyl (C=O) groups excluding carboxylic acids is 3. The molecule has 2 saturated heterocycles. The molecule has 0 spiro atoms. The molecule has 4 amide bonds. The molecule has 220 valence electrons. The van der Waals surface area contributed by atoms with Crippen LogP contribution in [0.3, 0.4) is 0 Å². The number of nitrogens with zero attached hydrogens (tertiary/aromatic N) is 4. The minimum absolute atomic E-state index is 0.0802. The molecular formula is C33H32FN5O4. The van der Waals surface area contributed by atoms with Crippen LogP contribution in [-0.4, -0.2) is 75.1 Å². The molecule has 2 aliphatic rings. The number of rotatable bonds is 6. The van der Waals surface area contributed by atoms with Gasteiger partial charge in [0.15, 0.2) is 0 Å². The van der Waals surface area contributed by atoms with E-state index < -0.39 is 18.2 Å². The number of fused-ring (bicyclic) bond motifs is 2. The zero-order valence-corrected chi connectivity index (χ0v) is 23.7. The lowest BCUT2D eigenvalue weighted by molar-refractivity contribution is -0.187. The van der Waals surface area contributed by atoms with E-state index in [2.05, 4.69) is 5.32 Å². The predicted octanol–water partition coefficient (Wildman–Crippen LogP) is 3.86. The number of piperazine rings is 1. The van der Waals surface area contributed by atoms with Crippen molar-refractivity contribution in [1.82, 2.24) is 25.1 Å². The number of likely N-dealkylation sites (N-methyl/N-ethyl adjacent to an activating group) is 1. The lowest BCUT2D eigenvalue weighted by Crippen LogP contribution is -2.76. The first-order chi connectivity index (χ1) is 20.8. The van der Waals surface area contributed by atoms with Crippen LogP contribution < -0.4 is 5.32 Å². The lowest BCUT2D eigenvalue weighted by Gasteiger charge is -2.54. The van der Waals surface area contributed by atoms with Crippen LogP contribution in [0.15, 0.2) is 91.0 Å². The molecule has 43 heavy (non-hydrogen) atoms. The van der Waals surface area contributed by atoms with E-state index in [-0.39, 0.29) is 49.4 Å². The minimum atomic E-state index is -0.855. The van der Waals surface area contributed by atoms with Gasteiger partial charge in [-0.3, -0.25) is 9.59 Å². The molecule has 0 unspecified atom stereocenters. The van der Waals surface area contributed by atoms with Gasteiger partial charge in [-0.25, -0.2) is 19.2 Å². The Kier molecular flexibility index (Phi) is 7.69. The van der Waals surface area contributed by atoms with Crippen LogP contribution in [0.25, 0.3) is 10.8 Å². The number of amides is 4. The Hall–Kier alpha value is -4.96. The molecule has 2 atom stereocenters. The molecular weight excluding hydrogens is 549 g/mol. The van der Waals surface area contributed by atoms with Crippen molar-refractivity contribution >= 4 is 28.6 Å². The van der Waals surface area contributed by atoms with Crippen molar-refractivity contribution in [3.8, 4) is 5.75 Å². The fourth-order valence-corrected chi connectivity index (χ4v) is 6.00. The Morgan fingerprint density at radius 1 is 0.930 bits per heavy atom. The summed E-state index contributed by atoms with van der Waals surface area (Å²) in [6.45, 7) is 0.510. The van der Waals surface area contributed by atoms with Crippen LogP contribution in [0.1, 0.15) is 16.7 Å². The third-order valence-electron chi connectivity index (χ3n) is 8.11. The first-order valence-electron chi connectivity index (χ1n) is 14.2. The summed E-state index contributed by atoms with van der Waals surface area (Å²) in [4.78, 5) is 44.6. The van der Waals surface area contributed by atoms with Gasteiger partial charge in [0.1, 0.15) is 23.8 Å². The van der Waals surface area contributed by atoms with Gasteiger partial charge in [-0.05, 0) is 51.7 Å². The normalized spacial score (nSPS) is 19.1. The number of hydrazine groups is 1. The second-order valence-electron chi connectivity index (χ2n) is 11.0. The zero-order chi connectivity index (χ0) is 30.1. The van der Waals surface area contributed by atoms with Gasteiger partial charge >= 0.3 is 6.03 Å². The van der Waals surface area contributed by atoms with Gasteiger partial charge in [0, 0.05) is 26.6 Å². The van der Waals surface area contributed by atoms with E-state index in [1.807, 2.05) is 42.5 Å². The Bertz CT molecular complexity index is 1660. The molecule has 0 radical (unpaired) electrons. The molecule has 2 heterocycles. The van der Waals surface area contributed by atoms with Crippen molar-refractivity contribution in [1.29, 1.82) is 0 Å². The molecule has 0 saturated carbocycles. The van der Waals surface area contributed by atoms with Gasteiger partial charge in [0.05, 0.1) is 13.1 Å². The third-order valence-corrected chi connectivity index (χ3v) is 8.11. The van der Waals surface area contributed by atoms with E-state index in [0.29, 0.717) is 6.54 Å². The number of carbonyl (C=O) groups is 3. The van der Waals surface area contributed by atoms with E-state index in [0.717, 1.165) is 27.5 Å². The maximum Gasteiger partial charge on any atom is 0.334 e. The highest BCUT2D eigenvalue weighted by atomic mass is 19.1. The molecule has 10 heteroatoms. The van der Waals surface area contributed by atoms with E-state index >= 15 is 0 Å². The lowest BCUT2D eigenvalue weighted by atomic mass is 9.97. The van der Waals surface area contributed by atoms with Crippen molar-refractivity contribution in [2.75, 3.05) is 20.1 Å². The molecule has 4 aromatic rings. The predicted molar refractivity (Wildman–Crippen MR) is 159 cm³/mol. The smallest absolute Gasteiger partial charge is 0.334 e. The first kappa shape index (κ1) is 28.2. The Balaban J connectivity index is 1.33. The van der Waals surface area contributed by atoms with Crippen molar-refractivity contribution in [3.63, 3.8) is 0 Å².